The molecule has 6 heteroatoms. The molecule has 0 saturated carbocycles. The number of aryl methyl sites for hydroxylation is 4. The van der Waals surface area contributed by atoms with Crippen molar-refractivity contribution in [3.8, 4) is 5.75 Å². The zero-order valence-electron chi connectivity index (χ0n) is 15.1. The Morgan fingerprint density at radius 3 is 2.46 bits per heavy atom. The molecule has 0 unspecified atom stereocenters. The number of guanidine groups is 1. The van der Waals surface area contributed by atoms with Crippen LogP contribution >= 0.6 is 11.3 Å². The Morgan fingerprint density at radius 2 is 1.88 bits per heavy atom. The quantitative estimate of drug-likeness (QED) is 0.479. The van der Waals surface area contributed by atoms with E-state index in [0.29, 0.717) is 13.2 Å². The summed E-state index contributed by atoms with van der Waals surface area (Å²) in [4.78, 5) is 9.92. The highest BCUT2D eigenvalue weighted by molar-refractivity contribution is 7.11. The third kappa shape index (κ3) is 4.96. The van der Waals surface area contributed by atoms with E-state index in [4.69, 9.17) is 4.74 Å². The van der Waals surface area contributed by atoms with Crippen LogP contribution in [0.1, 0.15) is 26.7 Å². The number of hydrogen-bond donors (Lipinski definition) is 2. The summed E-state index contributed by atoms with van der Waals surface area (Å²) in [6, 6.07) is 6.18. The molecule has 0 atom stereocenters. The van der Waals surface area contributed by atoms with Crippen LogP contribution in [0.5, 0.6) is 5.75 Å². The summed E-state index contributed by atoms with van der Waals surface area (Å²) in [5, 5.41) is 7.68. The van der Waals surface area contributed by atoms with Gasteiger partial charge in [-0.15, -0.1) is 11.3 Å². The van der Waals surface area contributed by atoms with E-state index in [1.54, 1.807) is 18.4 Å². The smallest absolute Gasteiger partial charge is 0.191 e. The number of aromatic nitrogens is 1. The summed E-state index contributed by atoms with van der Waals surface area (Å²) in [6.07, 6.45) is 0. The van der Waals surface area contributed by atoms with Crippen LogP contribution in [-0.4, -0.2) is 31.1 Å². The van der Waals surface area contributed by atoms with Crippen molar-refractivity contribution in [2.45, 2.75) is 34.2 Å². The lowest BCUT2D eigenvalue weighted by Crippen LogP contribution is -2.38. The number of nitrogens with zero attached hydrogens (tertiary/aromatic N) is 2. The molecule has 130 valence electrons. The molecule has 2 aromatic rings. The number of ether oxygens (including phenoxy) is 1. The summed E-state index contributed by atoms with van der Waals surface area (Å²) in [6.45, 7) is 10.2. The van der Waals surface area contributed by atoms with Gasteiger partial charge in [-0.2, -0.15) is 0 Å². The van der Waals surface area contributed by atoms with Gasteiger partial charge in [-0.05, 0) is 38.8 Å². The highest BCUT2D eigenvalue weighted by atomic mass is 32.1. The van der Waals surface area contributed by atoms with Gasteiger partial charge in [0.2, 0.25) is 0 Å². The minimum atomic E-state index is 0.588. The van der Waals surface area contributed by atoms with Gasteiger partial charge in [0.1, 0.15) is 12.4 Å². The summed E-state index contributed by atoms with van der Waals surface area (Å²) in [5.41, 5.74) is 3.40. The van der Waals surface area contributed by atoms with Crippen molar-refractivity contribution in [1.82, 2.24) is 15.6 Å². The molecule has 0 aliphatic heterocycles. The van der Waals surface area contributed by atoms with Crippen molar-refractivity contribution in [1.29, 1.82) is 0 Å². The number of rotatable bonds is 6. The molecule has 24 heavy (non-hydrogen) atoms. The Kier molecular flexibility index (Phi) is 6.61. The van der Waals surface area contributed by atoms with Crippen molar-refractivity contribution >= 4 is 17.3 Å². The van der Waals surface area contributed by atoms with Crippen LogP contribution in [0.2, 0.25) is 0 Å². The monoisotopic (exact) mass is 346 g/mol. The van der Waals surface area contributed by atoms with Gasteiger partial charge in [0.25, 0.3) is 0 Å². The number of aliphatic imine (C=N–C) groups is 1. The lowest BCUT2D eigenvalue weighted by Gasteiger charge is -2.14. The summed E-state index contributed by atoms with van der Waals surface area (Å²) in [5.74, 6) is 1.74. The summed E-state index contributed by atoms with van der Waals surface area (Å²) in [7, 11) is 1.77. The molecule has 0 radical (unpaired) electrons. The topological polar surface area (TPSA) is 58.5 Å². The van der Waals surface area contributed by atoms with Gasteiger partial charge >= 0.3 is 0 Å². The molecule has 2 rings (SSSR count). The molecular formula is C18H26N4OS. The highest BCUT2D eigenvalue weighted by Crippen LogP contribution is 2.21. The molecule has 0 aliphatic carbocycles. The normalized spacial score (nSPS) is 11.5. The molecule has 1 aromatic carbocycles. The fraction of sp³-hybridized carbons (Fsp3) is 0.444. The number of benzene rings is 1. The molecule has 0 spiro atoms. The summed E-state index contributed by atoms with van der Waals surface area (Å²) >= 11 is 1.71. The van der Waals surface area contributed by atoms with Crippen LogP contribution in [-0.2, 0) is 6.54 Å². The Morgan fingerprint density at radius 1 is 1.17 bits per heavy atom. The zero-order valence-corrected chi connectivity index (χ0v) is 15.9. The highest BCUT2D eigenvalue weighted by Gasteiger charge is 2.06. The van der Waals surface area contributed by atoms with Crippen molar-refractivity contribution in [2.75, 3.05) is 20.2 Å². The van der Waals surface area contributed by atoms with Crippen molar-refractivity contribution < 1.29 is 4.74 Å². The largest absolute Gasteiger partial charge is 0.491 e. The Hall–Kier alpha value is -2.08. The molecule has 0 saturated heterocycles. The second kappa shape index (κ2) is 8.68. The van der Waals surface area contributed by atoms with E-state index in [1.807, 2.05) is 19.9 Å². The molecular weight excluding hydrogens is 320 g/mol. The van der Waals surface area contributed by atoms with E-state index in [9.17, 15) is 0 Å². The van der Waals surface area contributed by atoms with Crippen LogP contribution in [0, 0.1) is 27.7 Å². The first-order valence-corrected chi connectivity index (χ1v) is 8.89. The Labute approximate surface area is 148 Å². The average Bonchev–Trinajstić information content (AvgIpc) is 2.86. The first-order chi connectivity index (χ1) is 11.5. The van der Waals surface area contributed by atoms with Gasteiger partial charge < -0.3 is 15.4 Å². The van der Waals surface area contributed by atoms with E-state index >= 15 is 0 Å². The zero-order chi connectivity index (χ0) is 17.5. The maximum Gasteiger partial charge on any atom is 0.191 e. The van der Waals surface area contributed by atoms with Gasteiger partial charge in [0.15, 0.2) is 5.96 Å². The molecule has 0 bridgehead atoms. The lowest BCUT2D eigenvalue weighted by atomic mass is 10.1. The molecule has 0 aliphatic rings. The lowest BCUT2D eigenvalue weighted by molar-refractivity contribution is 0.317. The molecule has 5 nitrogen and oxygen atoms in total. The van der Waals surface area contributed by atoms with Gasteiger partial charge in [-0.3, -0.25) is 4.99 Å². The summed E-state index contributed by atoms with van der Waals surface area (Å²) < 4.78 is 5.89. The predicted octanol–water partition coefficient (Wildman–Crippen LogP) is 3.12. The predicted molar refractivity (Wildman–Crippen MR) is 101 cm³/mol. The fourth-order valence-electron chi connectivity index (χ4n) is 2.47. The number of hydrogen-bond acceptors (Lipinski definition) is 4. The van der Waals surface area contributed by atoms with Gasteiger partial charge in [-0.1, -0.05) is 18.2 Å². The Bertz CT molecular complexity index is 689. The van der Waals surface area contributed by atoms with Crippen LogP contribution in [0.3, 0.4) is 0 Å². The molecule has 1 heterocycles. The molecule has 0 fully saturated rings. The number of thiazole rings is 1. The maximum atomic E-state index is 5.89. The average molecular weight is 347 g/mol. The number of nitrogens with one attached hydrogen (secondary N) is 2. The van der Waals surface area contributed by atoms with Crippen LogP contribution in [0.4, 0.5) is 0 Å². The minimum Gasteiger partial charge on any atom is -0.491 e. The molecule has 0 amide bonds. The van der Waals surface area contributed by atoms with E-state index in [0.717, 1.165) is 40.1 Å². The third-order valence-corrected chi connectivity index (χ3v) is 4.76. The van der Waals surface area contributed by atoms with Gasteiger partial charge in [0, 0.05) is 11.9 Å². The standard InChI is InChI=1S/C18H26N4OS/c1-12-7-6-8-13(2)17(12)23-10-9-20-18(19-5)21-11-16-14(3)22-15(4)24-16/h6-8H,9-11H2,1-5H3,(H2,19,20,21). The van der Waals surface area contributed by atoms with Gasteiger partial charge in [-0.25, -0.2) is 4.98 Å². The minimum absolute atomic E-state index is 0.588. The first-order valence-electron chi connectivity index (χ1n) is 8.07. The Balaban J connectivity index is 1.77. The van der Waals surface area contributed by atoms with E-state index in [1.165, 1.54) is 4.88 Å². The number of para-hydroxylation sites is 1. The first kappa shape index (κ1) is 18.3. The second-order valence-electron chi connectivity index (χ2n) is 5.66. The van der Waals surface area contributed by atoms with Crippen molar-refractivity contribution in [3.05, 3.63) is 44.9 Å². The molecule has 1 aromatic heterocycles. The van der Waals surface area contributed by atoms with Crippen molar-refractivity contribution in [2.24, 2.45) is 4.99 Å². The van der Waals surface area contributed by atoms with E-state index in [-0.39, 0.29) is 0 Å². The van der Waals surface area contributed by atoms with Crippen LogP contribution in [0.25, 0.3) is 0 Å². The van der Waals surface area contributed by atoms with Gasteiger partial charge in [0.05, 0.1) is 23.8 Å². The second-order valence-corrected chi connectivity index (χ2v) is 6.95. The van der Waals surface area contributed by atoms with Crippen LogP contribution < -0.4 is 15.4 Å². The third-order valence-electron chi connectivity index (χ3n) is 3.69. The van der Waals surface area contributed by atoms with Crippen LogP contribution in [0.15, 0.2) is 23.2 Å². The fourth-order valence-corrected chi connectivity index (χ4v) is 3.35. The van der Waals surface area contributed by atoms with E-state index < -0.39 is 0 Å². The SMILES string of the molecule is CN=C(NCCOc1c(C)cccc1C)NCc1sc(C)nc1C. The van der Waals surface area contributed by atoms with E-state index in [2.05, 4.69) is 46.6 Å². The van der Waals surface area contributed by atoms with Crippen molar-refractivity contribution in [3.63, 3.8) is 0 Å². The molecule has 2 N–H and O–H groups in total. The maximum absolute atomic E-state index is 5.89.